The number of hydrogen-bond acceptors (Lipinski definition) is 8. The van der Waals surface area contributed by atoms with Crippen molar-refractivity contribution in [1.82, 2.24) is 0 Å². The van der Waals surface area contributed by atoms with Gasteiger partial charge in [0.2, 0.25) is 0 Å². The van der Waals surface area contributed by atoms with E-state index in [0.717, 1.165) is 86.5 Å². The van der Waals surface area contributed by atoms with Crippen molar-refractivity contribution in [2.45, 2.75) is 88.9 Å². The molecule has 50 heavy (non-hydrogen) atoms. The minimum atomic E-state index is -0.497. The maximum atomic E-state index is 10.5. The van der Waals surface area contributed by atoms with Gasteiger partial charge in [-0.1, -0.05) is 51.0 Å². The van der Waals surface area contributed by atoms with E-state index < -0.39 is 10.8 Å². The smallest absolute Gasteiger partial charge is 0.157 e. The average molecular weight is 683 g/mol. The Morgan fingerprint density at radius 1 is 0.420 bits per heavy atom. The van der Waals surface area contributed by atoms with E-state index in [1.165, 1.54) is 24.3 Å². The first-order valence-electron chi connectivity index (χ1n) is 18.0. The molecule has 2 aliphatic rings. The first kappa shape index (κ1) is 35.1. The summed E-state index contributed by atoms with van der Waals surface area (Å²) in [6.45, 7) is 4.58. The summed E-state index contributed by atoms with van der Waals surface area (Å²) in [5, 5.41) is 82.2. The van der Waals surface area contributed by atoms with Crippen LogP contribution >= 0.6 is 0 Å². The molecule has 0 spiro atoms. The summed E-state index contributed by atoms with van der Waals surface area (Å²) in [5.41, 5.74) is 2.51. The Morgan fingerprint density at radius 2 is 0.660 bits per heavy atom. The lowest BCUT2D eigenvalue weighted by atomic mass is 9.56. The fourth-order valence-corrected chi connectivity index (χ4v) is 9.87. The van der Waals surface area contributed by atoms with Crippen LogP contribution in [-0.2, 0) is 10.8 Å². The van der Waals surface area contributed by atoms with Gasteiger partial charge in [0.05, 0.1) is 0 Å². The van der Waals surface area contributed by atoms with Crippen LogP contribution < -0.4 is 0 Å². The summed E-state index contributed by atoms with van der Waals surface area (Å²) in [6.07, 6.45) is 9.09. The van der Waals surface area contributed by atoms with E-state index in [1.54, 1.807) is 24.3 Å². The van der Waals surface area contributed by atoms with Crippen LogP contribution in [0.25, 0.3) is 0 Å². The van der Waals surface area contributed by atoms with Crippen molar-refractivity contribution in [2.75, 3.05) is 0 Å². The number of rotatable bonds is 9. The fraction of sp³-hybridized carbons (Fsp3) is 0.429. The van der Waals surface area contributed by atoms with Gasteiger partial charge in [0.15, 0.2) is 46.0 Å². The predicted octanol–water partition coefficient (Wildman–Crippen LogP) is 9.04. The summed E-state index contributed by atoms with van der Waals surface area (Å²) in [6, 6.07) is 20.0. The first-order valence-corrected chi connectivity index (χ1v) is 18.0. The average Bonchev–Trinajstić information content (AvgIpc) is 3.12. The van der Waals surface area contributed by atoms with Gasteiger partial charge in [0.1, 0.15) is 0 Å². The van der Waals surface area contributed by atoms with E-state index in [0.29, 0.717) is 23.7 Å². The predicted molar refractivity (Wildman–Crippen MR) is 192 cm³/mol. The van der Waals surface area contributed by atoms with E-state index in [4.69, 9.17) is 0 Å². The molecule has 0 bridgehead atoms. The molecule has 266 valence electrons. The number of hydrogen-bond donors (Lipinski definition) is 8. The molecule has 4 aromatic carbocycles. The summed E-state index contributed by atoms with van der Waals surface area (Å²) < 4.78 is 0. The van der Waals surface area contributed by atoms with Gasteiger partial charge in [-0.2, -0.15) is 0 Å². The summed E-state index contributed by atoms with van der Waals surface area (Å²) in [5.74, 6) is 0.519. The third-order valence-electron chi connectivity index (χ3n) is 12.6. The first-order chi connectivity index (χ1) is 23.9. The van der Waals surface area contributed by atoms with Crippen molar-refractivity contribution < 1.29 is 40.9 Å². The van der Waals surface area contributed by atoms with E-state index in [-0.39, 0.29) is 46.0 Å². The summed E-state index contributed by atoms with van der Waals surface area (Å²) in [7, 11) is 0. The Labute approximate surface area is 294 Å². The van der Waals surface area contributed by atoms with Crippen LogP contribution in [0.1, 0.15) is 100 Å². The Hall–Kier alpha value is -4.72. The zero-order valence-electron chi connectivity index (χ0n) is 28.9. The molecular weight excluding hydrogens is 632 g/mol. The summed E-state index contributed by atoms with van der Waals surface area (Å²) in [4.78, 5) is 0. The Morgan fingerprint density at radius 3 is 0.860 bits per heavy atom. The second-order valence-corrected chi connectivity index (χ2v) is 14.8. The quantitative estimate of drug-likeness (QED) is 0.0811. The lowest BCUT2D eigenvalue weighted by Gasteiger charge is -2.48. The molecule has 0 heterocycles. The fourth-order valence-electron chi connectivity index (χ4n) is 9.87. The van der Waals surface area contributed by atoms with Gasteiger partial charge < -0.3 is 40.9 Å². The SMILES string of the molecule is CCC(C1CCC(c2ccc(O)c(O)c2)(c2ccc(O)c(O)c2)CC1)C(CC)C1CCC(c2ccc(O)c(O)c2)(c2ccc(O)c(O)c2)CC1. The van der Waals surface area contributed by atoms with Crippen LogP contribution in [-0.4, -0.2) is 40.9 Å². The van der Waals surface area contributed by atoms with Crippen molar-refractivity contribution in [3.05, 3.63) is 95.1 Å². The van der Waals surface area contributed by atoms with Crippen molar-refractivity contribution in [1.29, 1.82) is 0 Å². The molecule has 2 unspecified atom stereocenters. The Bertz CT molecular complexity index is 1580. The monoisotopic (exact) mass is 682 g/mol. The van der Waals surface area contributed by atoms with Gasteiger partial charge in [-0.15, -0.1) is 0 Å². The molecule has 4 aromatic rings. The topological polar surface area (TPSA) is 162 Å². The van der Waals surface area contributed by atoms with Gasteiger partial charge >= 0.3 is 0 Å². The highest BCUT2D eigenvalue weighted by molar-refractivity contribution is 5.53. The van der Waals surface area contributed by atoms with Gasteiger partial charge in [0, 0.05) is 10.8 Å². The molecular formula is C42H50O8. The lowest BCUT2D eigenvalue weighted by Crippen LogP contribution is -2.40. The van der Waals surface area contributed by atoms with E-state index in [1.807, 2.05) is 24.3 Å². The second kappa shape index (κ2) is 13.9. The highest BCUT2D eigenvalue weighted by atomic mass is 16.3. The maximum absolute atomic E-state index is 10.5. The number of phenols is 8. The van der Waals surface area contributed by atoms with Gasteiger partial charge in [-0.05, 0) is 146 Å². The normalized spacial score (nSPS) is 19.2. The van der Waals surface area contributed by atoms with Crippen LogP contribution in [0.3, 0.4) is 0 Å². The summed E-state index contributed by atoms with van der Waals surface area (Å²) >= 11 is 0. The van der Waals surface area contributed by atoms with Crippen LogP contribution in [0.2, 0.25) is 0 Å². The van der Waals surface area contributed by atoms with E-state index in [9.17, 15) is 40.9 Å². The van der Waals surface area contributed by atoms with Crippen LogP contribution in [0.15, 0.2) is 72.8 Å². The third kappa shape index (κ3) is 6.25. The van der Waals surface area contributed by atoms with E-state index >= 15 is 0 Å². The van der Waals surface area contributed by atoms with Crippen LogP contribution in [0, 0.1) is 23.7 Å². The minimum Gasteiger partial charge on any atom is -0.504 e. The largest absolute Gasteiger partial charge is 0.504 e. The zero-order chi connectivity index (χ0) is 35.8. The lowest BCUT2D eigenvalue weighted by molar-refractivity contribution is 0.0781. The van der Waals surface area contributed by atoms with Crippen molar-refractivity contribution in [2.24, 2.45) is 23.7 Å². The standard InChI is InChI=1S/C42H50O8/c1-3-31(25-13-17-41(18-14-25,27-5-9-33(43)37(47)21-27)28-6-10-34(44)38(48)22-28)32(4-2)26-15-19-42(20-16-26,29-7-11-35(45)39(49)23-29)30-8-12-36(46)40(50)24-30/h5-12,21-26,31-32,43-50H,3-4,13-20H2,1-2H3. The third-order valence-corrected chi connectivity index (χ3v) is 12.6. The maximum Gasteiger partial charge on any atom is 0.157 e. The van der Waals surface area contributed by atoms with Crippen LogP contribution in [0.4, 0.5) is 0 Å². The molecule has 0 aliphatic heterocycles. The molecule has 2 atom stereocenters. The molecule has 8 nitrogen and oxygen atoms in total. The highest BCUT2D eigenvalue weighted by Gasteiger charge is 2.45. The number of benzene rings is 4. The van der Waals surface area contributed by atoms with Crippen molar-refractivity contribution in [3.8, 4) is 46.0 Å². The van der Waals surface area contributed by atoms with Gasteiger partial charge in [-0.3, -0.25) is 0 Å². The molecule has 8 heteroatoms. The number of aromatic hydroxyl groups is 8. The minimum absolute atomic E-state index is 0.177. The second-order valence-electron chi connectivity index (χ2n) is 14.8. The molecule has 2 saturated carbocycles. The van der Waals surface area contributed by atoms with Gasteiger partial charge in [0.25, 0.3) is 0 Å². The molecule has 2 fully saturated rings. The molecule has 2 aliphatic carbocycles. The zero-order valence-corrected chi connectivity index (χ0v) is 28.9. The Balaban J connectivity index is 1.25. The van der Waals surface area contributed by atoms with E-state index in [2.05, 4.69) is 13.8 Å². The molecule has 8 N–H and O–H groups in total. The molecule has 0 aromatic heterocycles. The molecule has 0 radical (unpaired) electrons. The Kier molecular flexibility index (Phi) is 9.75. The molecule has 0 saturated heterocycles. The number of phenolic OH excluding ortho intramolecular Hbond substituents is 8. The van der Waals surface area contributed by atoms with Crippen molar-refractivity contribution >= 4 is 0 Å². The van der Waals surface area contributed by atoms with Crippen LogP contribution in [0.5, 0.6) is 46.0 Å². The highest BCUT2D eigenvalue weighted by Crippen LogP contribution is 2.55. The molecule has 0 amide bonds. The van der Waals surface area contributed by atoms with Crippen molar-refractivity contribution in [3.63, 3.8) is 0 Å². The molecule has 6 rings (SSSR count). The van der Waals surface area contributed by atoms with Gasteiger partial charge in [-0.25, -0.2) is 0 Å².